The van der Waals surface area contributed by atoms with Crippen molar-refractivity contribution in [1.29, 1.82) is 0 Å². The Balaban J connectivity index is 0.00000133. The van der Waals surface area contributed by atoms with Gasteiger partial charge in [0.15, 0.2) is 0 Å². The average molecular weight is 245 g/mol. The minimum atomic E-state index is 0. The third-order valence-electron chi connectivity index (χ3n) is 4.28. The number of anilines is 1. The number of aryl methyl sites for hydroxylation is 1. The normalized spacial score (nSPS) is 19.4. The van der Waals surface area contributed by atoms with Crippen LogP contribution in [-0.4, -0.2) is 5.91 Å². The van der Waals surface area contributed by atoms with E-state index < -0.39 is 0 Å². The molecule has 0 radical (unpaired) electrons. The van der Waals surface area contributed by atoms with Crippen molar-refractivity contribution in [2.24, 2.45) is 5.92 Å². The second-order valence-electron chi connectivity index (χ2n) is 5.89. The lowest BCUT2D eigenvalue weighted by Crippen LogP contribution is -2.20. The topological polar surface area (TPSA) is 29.1 Å². The van der Waals surface area contributed by atoms with E-state index in [4.69, 9.17) is 0 Å². The van der Waals surface area contributed by atoms with Crippen LogP contribution in [0.4, 0.5) is 5.69 Å². The van der Waals surface area contributed by atoms with Crippen molar-refractivity contribution in [1.82, 2.24) is 0 Å². The molecule has 2 fully saturated rings. The zero-order chi connectivity index (χ0) is 12.5. The highest BCUT2D eigenvalue weighted by Gasteiger charge is 2.25. The third kappa shape index (κ3) is 2.58. The highest BCUT2D eigenvalue weighted by molar-refractivity contribution is 5.91. The molecule has 2 saturated carbocycles. The quantitative estimate of drug-likeness (QED) is 0.844. The molecule has 1 amide bonds. The summed E-state index contributed by atoms with van der Waals surface area (Å²) in [6.45, 7) is 2.16. The summed E-state index contributed by atoms with van der Waals surface area (Å²) in [5.41, 5.74) is 3.76. The van der Waals surface area contributed by atoms with Gasteiger partial charge in [0.1, 0.15) is 0 Å². The summed E-state index contributed by atoms with van der Waals surface area (Å²) in [6.07, 6.45) is 7.07. The molecule has 1 N–H and O–H groups in total. The first-order valence-corrected chi connectivity index (χ1v) is 7.13. The Labute approximate surface area is 110 Å². The maximum atomic E-state index is 11.9. The van der Waals surface area contributed by atoms with Crippen LogP contribution < -0.4 is 5.32 Å². The zero-order valence-corrected chi connectivity index (χ0v) is 11.0. The fourth-order valence-electron chi connectivity index (χ4n) is 2.72. The van der Waals surface area contributed by atoms with Crippen molar-refractivity contribution in [2.75, 3.05) is 5.32 Å². The number of carbonyl (C=O) groups excluding carboxylic acids is 1. The van der Waals surface area contributed by atoms with Crippen molar-refractivity contribution in [3.63, 3.8) is 0 Å². The Morgan fingerprint density at radius 3 is 2.72 bits per heavy atom. The van der Waals surface area contributed by atoms with Crippen LogP contribution in [0, 0.1) is 12.8 Å². The molecule has 0 saturated heterocycles. The zero-order valence-electron chi connectivity index (χ0n) is 11.0. The lowest BCUT2D eigenvalue weighted by atomic mass is 9.83. The number of carbonyl (C=O) groups is 1. The van der Waals surface area contributed by atoms with Crippen LogP contribution in [-0.2, 0) is 4.79 Å². The van der Waals surface area contributed by atoms with Crippen LogP contribution in [0.3, 0.4) is 0 Å². The second kappa shape index (κ2) is 4.75. The van der Waals surface area contributed by atoms with Gasteiger partial charge in [-0.1, -0.05) is 12.5 Å². The predicted octanol–water partition coefficient (Wildman–Crippen LogP) is 4.25. The highest BCUT2D eigenvalue weighted by Crippen LogP contribution is 2.42. The molecule has 2 aliphatic rings. The SMILES string of the molecule is Cc1ccc(NC(=O)CC2CCC2)cc1C1CC1.[HH]. The summed E-state index contributed by atoms with van der Waals surface area (Å²) < 4.78 is 0. The van der Waals surface area contributed by atoms with Crippen LogP contribution in [0.1, 0.15) is 57.0 Å². The highest BCUT2D eigenvalue weighted by atomic mass is 16.1. The van der Waals surface area contributed by atoms with E-state index in [1.165, 1.54) is 43.2 Å². The summed E-state index contributed by atoms with van der Waals surface area (Å²) in [7, 11) is 0. The van der Waals surface area contributed by atoms with Crippen LogP contribution in [0.25, 0.3) is 0 Å². The summed E-state index contributed by atoms with van der Waals surface area (Å²) >= 11 is 0. The van der Waals surface area contributed by atoms with Gasteiger partial charge in [0.2, 0.25) is 5.91 Å². The first-order chi connectivity index (χ1) is 8.72. The Kier molecular flexibility index (Phi) is 3.11. The van der Waals surface area contributed by atoms with Gasteiger partial charge >= 0.3 is 0 Å². The standard InChI is InChI=1S/C16H21NO.H2/c1-11-5-8-14(10-15(11)13-6-7-13)17-16(18)9-12-3-2-4-12;/h5,8,10,12-13H,2-4,6-7,9H2,1H3,(H,17,18);1H. The Hall–Kier alpha value is -1.31. The van der Waals surface area contributed by atoms with Gasteiger partial charge in [0.25, 0.3) is 0 Å². The summed E-state index contributed by atoms with van der Waals surface area (Å²) in [5, 5.41) is 3.05. The van der Waals surface area contributed by atoms with E-state index >= 15 is 0 Å². The van der Waals surface area contributed by atoms with E-state index in [-0.39, 0.29) is 7.33 Å². The lowest BCUT2D eigenvalue weighted by molar-refractivity contribution is -0.117. The van der Waals surface area contributed by atoms with Crippen LogP contribution >= 0.6 is 0 Å². The summed E-state index contributed by atoms with van der Waals surface area (Å²) in [4.78, 5) is 11.9. The number of benzene rings is 1. The van der Waals surface area contributed by atoms with Crippen LogP contribution in [0.2, 0.25) is 0 Å². The van der Waals surface area contributed by atoms with Crippen molar-refractivity contribution < 1.29 is 6.22 Å². The molecule has 0 unspecified atom stereocenters. The molecule has 0 aromatic heterocycles. The maximum absolute atomic E-state index is 11.9. The van der Waals surface area contributed by atoms with E-state index in [0.29, 0.717) is 12.3 Å². The van der Waals surface area contributed by atoms with Crippen molar-refractivity contribution in [3.8, 4) is 0 Å². The third-order valence-corrected chi connectivity index (χ3v) is 4.28. The van der Waals surface area contributed by atoms with E-state index in [0.717, 1.165) is 11.6 Å². The van der Waals surface area contributed by atoms with Crippen molar-refractivity contribution in [2.45, 2.75) is 51.4 Å². The molecular formula is C16H23NO. The molecule has 0 aliphatic heterocycles. The number of nitrogens with one attached hydrogen (secondary N) is 1. The van der Waals surface area contributed by atoms with E-state index in [2.05, 4.69) is 24.4 Å². The Bertz CT molecular complexity index is 464. The monoisotopic (exact) mass is 245 g/mol. The molecule has 1 aromatic carbocycles. The fraction of sp³-hybridized carbons (Fsp3) is 0.562. The molecule has 2 aliphatic carbocycles. The minimum absolute atomic E-state index is 0. The first kappa shape index (κ1) is 11.8. The molecule has 3 rings (SSSR count). The van der Waals surface area contributed by atoms with E-state index in [1.54, 1.807) is 0 Å². The van der Waals surface area contributed by atoms with Crippen LogP contribution in [0.15, 0.2) is 18.2 Å². The fourth-order valence-corrected chi connectivity index (χ4v) is 2.72. The molecule has 0 heterocycles. The predicted molar refractivity (Wildman–Crippen MR) is 75.9 cm³/mol. The molecule has 18 heavy (non-hydrogen) atoms. The van der Waals surface area contributed by atoms with Gasteiger partial charge in [-0.2, -0.15) is 0 Å². The van der Waals surface area contributed by atoms with Gasteiger partial charge in [-0.25, -0.2) is 0 Å². The number of hydrogen-bond donors (Lipinski definition) is 1. The molecule has 98 valence electrons. The maximum Gasteiger partial charge on any atom is 0.224 e. The van der Waals surface area contributed by atoms with Gasteiger partial charge in [-0.15, -0.1) is 0 Å². The number of rotatable bonds is 4. The Morgan fingerprint density at radius 1 is 1.33 bits per heavy atom. The average Bonchev–Trinajstić information content (AvgIpc) is 3.10. The smallest absolute Gasteiger partial charge is 0.224 e. The molecule has 1 aromatic rings. The molecule has 0 bridgehead atoms. The molecular weight excluding hydrogens is 222 g/mol. The molecule has 0 spiro atoms. The van der Waals surface area contributed by atoms with Gasteiger partial charge < -0.3 is 5.32 Å². The number of amides is 1. The molecule has 2 heteroatoms. The Morgan fingerprint density at radius 2 is 2.11 bits per heavy atom. The second-order valence-corrected chi connectivity index (χ2v) is 5.89. The lowest BCUT2D eigenvalue weighted by Gasteiger charge is -2.24. The van der Waals surface area contributed by atoms with Gasteiger partial charge in [0, 0.05) is 13.5 Å². The largest absolute Gasteiger partial charge is 0.326 e. The van der Waals surface area contributed by atoms with Crippen molar-refractivity contribution >= 4 is 11.6 Å². The van der Waals surface area contributed by atoms with Gasteiger partial charge in [-0.3, -0.25) is 4.79 Å². The molecule has 2 nitrogen and oxygen atoms in total. The summed E-state index contributed by atoms with van der Waals surface area (Å²) in [6, 6.07) is 6.33. The first-order valence-electron chi connectivity index (χ1n) is 7.13. The van der Waals surface area contributed by atoms with E-state index in [9.17, 15) is 4.79 Å². The number of hydrogen-bond acceptors (Lipinski definition) is 1. The minimum Gasteiger partial charge on any atom is -0.326 e. The van der Waals surface area contributed by atoms with Crippen molar-refractivity contribution in [3.05, 3.63) is 29.3 Å². The summed E-state index contributed by atoms with van der Waals surface area (Å²) in [5.74, 6) is 1.57. The van der Waals surface area contributed by atoms with Crippen LogP contribution in [0.5, 0.6) is 0 Å². The van der Waals surface area contributed by atoms with Gasteiger partial charge in [0.05, 0.1) is 0 Å². The van der Waals surface area contributed by atoms with E-state index in [1.807, 2.05) is 6.07 Å². The van der Waals surface area contributed by atoms with Gasteiger partial charge in [-0.05, 0) is 67.7 Å². The molecule has 0 atom stereocenters.